The van der Waals surface area contributed by atoms with Gasteiger partial charge in [0, 0.05) is 38.2 Å². The molecule has 17 heteroatoms. The second-order valence-electron chi connectivity index (χ2n) is 7.89. The number of amides is 2. The maximum absolute atomic E-state index is 14.5. The first-order valence-electron chi connectivity index (χ1n) is 10.3. The Labute approximate surface area is 236 Å². The van der Waals surface area contributed by atoms with Crippen molar-refractivity contribution in [3.63, 3.8) is 0 Å². The van der Waals surface area contributed by atoms with Gasteiger partial charge in [-0.2, -0.15) is 39.5 Å². The van der Waals surface area contributed by atoms with Gasteiger partial charge in [-0.15, -0.1) is 0 Å². The van der Waals surface area contributed by atoms with E-state index in [0.717, 1.165) is 34.7 Å². The van der Waals surface area contributed by atoms with E-state index in [-0.39, 0.29) is 28.5 Å². The van der Waals surface area contributed by atoms with Crippen molar-refractivity contribution in [2.24, 2.45) is 0 Å². The first-order chi connectivity index (χ1) is 18.3. The van der Waals surface area contributed by atoms with Crippen LogP contribution < -0.4 is 10.2 Å². The topological polar surface area (TPSA) is 71.1 Å². The highest BCUT2D eigenvalue weighted by Gasteiger charge is 2.73. The number of aromatic nitrogens is 1. The second-order valence-corrected chi connectivity index (χ2v) is 9.24. The van der Waals surface area contributed by atoms with Gasteiger partial charge in [0.15, 0.2) is 0 Å². The average Bonchev–Trinajstić information content (AvgIpc) is 2.86. The highest BCUT2D eigenvalue weighted by Crippen LogP contribution is 2.54. The Bertz CT molecular complexity index is 1440. The van der Waals surface area contributed by atoms with Gasteiger partial charge >= 0.3 is 24.2 Å². The second kappa shape index (κ2) is 11.0. The summed E-state index contributed by atoms with van der Waals surface area (Å²) in [5.41, 5.74) is -12.1. The lowest BCUT2D eigenvalue weighted by atomic mass is 9.92. The SMILES string of the molecule is O=C(Nc1c(I)cc(C(F)(C(F)(F)F)C(F)(F)F)cc1C(F)(F)F)c1cccc(-c2ncccc2C(=O)NCl)c1. The van der Waals surface area contributed by atoms with Crippen LogP contribution in [0, 0.1) is 3.57 Å². The number of rotatable bonds is 5. The molecular weight excluding hydrogens is 703 g/mol. The zero-order chi connectivity index (χ0) is 30.3. The summed E-state index contributed by atoms with van der Waals surface area (Å²) >= 11 is 6.29. The van der Waals surface area contributed by atoms with Gasteiger partial charge < -0.3 is 5.32 Å². The van der Waals surface area contributed by atoms with Crippen LogP contribution in [0.25, 0.3) is 11.3 Å². The Morgan fingerprint density at radius 1 is 0.825 bits per heavy atom. The lowest BCUT2D eigenvalue weighted by Gasteiger charge is -2.31. The Morgan fingerprint density at radius 3 is 2.00 bits per heavy atom. The smallest absolute Gasteiger partial charge is 0.320 e. The fourth-order valence-corrected chi connectivity index (χ4v) is 4.37. The molecule has 0 bridgehead atoms. The first kappa shape index (κ1) is 31.4. The van der Waals surface area contributed by atoms with Gasteiger partial charge in [0.25, 0.3) is 11.8 Å². The third-order valence-electron chi connectivity index (χ3n) is 5.35. The van der Waals surface area contributed by atoms with Crippen molar-refractivity contribution in [1.29, 1.82) is 0 Å². The number of carbonyl (C=O) groups excluding carboxylic acids is 2. The fourth-order valence-electron chi connectivity index (χ4n) is 3.51. The molecule has 5 nitrogen and oxygen atoms in total. The van der Waals surface area contributed by atoms with Crippen LogP contribution in [0.15, 0.2) is 54.7 Å². The number of hydrogen-bond acceptors (Lipinski definition) is 3. The number of halogens is 12. The molecule has 0 atom stereocenters. The Morgan fingerprint density at radius 2 is 1.45 bits per heavy atom. The number of nitrogens with zero attached hydrogens (tertiary/aromatic N) is 1. The molecule has 2 N–H and O–H groups in total. The summed E-state index contributed by atoms with van der Waals surface area (Å²) in [5, 5.41) is 1.81. The number of anilines is 1. The molecule has 0 aliphatic carbocycles. The predicted molar refractivity (Wildman–Crippen MR) is 130 cm³/mol. The van der Waals surface area contributed by atoms with E-state index in [0.29, 0.717) is 0 Å². The molecule has 1 aromatic heterocycles. The van der Waals surface area contributed by atoms with Crippen molar-refractivity contribution in [3.05, 3.63) is 80.6 Å². The Hall–Kier alpha value is -3.15. The van der Waals surface area contributed by atoms with Gasteiger partial charge in [-0.05, 0) is 59.0 Å². The van der Waals surface area contributed by atoms with Gasteiger partial charge in [0.2, 0.25) is 0 Å². The molecule has 40 heavy (non-hydrogen) atoms. The quantitative estimate of drug-likeness (QED) is 0.161. The summed E-state index contributed by atoms with van der Waals surface area (Å²) in [7, 11) is 0. The lowest BCUT2D eigenvalue weighted by Crippen LogP contribution is -2.50. The summed E-state index contributed by atoms with van der Waals surface area (Å²) < 4.78 is 134. The fraction of sp³-hybridized carbons (Fsp3) is 0.174. The van der Waals surface area contributed by atoms with Crippen molar-refractivity contribution in [3.8, 4) is 11.3 Å². The van der Waals surface area contributed by atoms with E-state index in [9.17, 15) is 53.5 Å². The molecular formula is C23H11ClF10IN3O2. The van der Waals surface area contributed by atoms with Crippen LogP contribution in [-0.4, -0.2) is 29.2 Å². The average molecular weight is 714 g/mol. The van der Waals surface area contributed by atoms with Crippen molar-refractivity contribution < 1.29 is 53.5 Å². The molecule has 2 aromatic carbocycles. The van der Waals surface area contributed by atoms with E-state index in [2.05, 4.69) is 4.98 Å². The van der Waals surface area contributed by atoms with Crippen LogP contribution in [0.5, 0.6) is 0 Å². The van der Waals surface area contributed by atoms with Gasteiger partial charge in [0.05, 0.1) is 22.5 Å². The van der Waals surface area contributed by atoms with Gasteiger partial charge in [0.1, 0.15) is 0 Å². The molecule has 0 radical (unpaired) electrons. The Kier molecular flexibility index (Phi) is 8.65. The molecule has 0 saturated heterocycles. The van der Waals surface area contributed by atoms with E-state index in [1.54, 1.807) is 0 Å². The molecule has 3 aromatic rings. The number of benzene rings is 2. The van der Waals surface area contributed by atoms with Gasteiger partial charge in [-0.3, -0.25) is 19.4 Å². The van der Waals surface area contributed by atoms with Crippen LogP contribution >= 0.6 is 34.4 Å². The predicted octanol–water partition coefficient (Wildman–Crippen LogP) is 7.80. The van der Waals surface area contributed by atoms with Crippen LogP contribution in [0.3, 0.4) is 0 Å². The molecule has 0 aliphatic heterocycles. The maximum atomic E-state index is 14.5. The van der Waals surface area contributed by atoms with E-state index < -0.39 is 62.5 Å². The standard InChI is InChI=1S/C23H11ClF10IN3O2/c24-38-19(40)13-5-2-6-36-16(13)10-3-1-4-11(7-10)18(39)37-17-14(21(26,27)28)8-12(9-15(17)35)20(25,22(29,30)31)23(32,33)34/h1-9H,(H,37,39)(H,38,40). The number of pyridine rings is 1. The van der Waals surface area contributed by atoms with E-state index in [4.69, 9.17) is 11.8 Å². The molecule has 3 rings (SSSR count). The summed E-state index contributed by atoms with van der Waals surface area (Å²) in [4.78, 5) is 30.8. The first-order valence-corrected chi connectivity index (χ1v) is 11.8. The number of hydrogen-bond donors (Lipinski definition) is 2. The molecule has 214 valence electrons. The number of alkyl halides is 10. The van der Waals surface area contributed by atoms with Crippen molar-refractivity contribution >= 4 is 51.9 Å². The summed E-state index contributed by atoms with van der Waals surface area (Å²) in [6.07, 6.45) is -17.6. The summed E-state index contributed by atoms with van der Waals surface area (Å²) in [6, 6.07) is 6.88. The number of carbonyl (C=O) groups is 2. The summed E-state index contributed by atoms with van der Waals surface area (Å²) in [6.45, 7) is 0. The van der Waals surface area contributed by atoms with Gasteiger partial charge in [-0.1, -0.05) is 12.1 Å². The highest BCUT2D eigenvalue weighted by atomic mass is 127. The molecule has 0 saturated carbocycles. The molecule has 1 heterocycles. The third-order valence-corrected chi connectivity index (χ3v) is 6.37. The van der Waals surface area contributed by atoms with Crippen molar-refractivity contribution in [2.75, 3.05) is 5.32 Å². The highest BCUT2D eigenvalue weighted by molar-refractivity contribution is 14.1. The van der Waals surface area contributed by atoms with Crippen molar-refractivity contribution in [2.45, 2.75) is 24.2 Å². The van der Waals surface area contributed by atoms with Crippen molar-refractivity contribution in [1.82, 2.24) is 9.82 Å². The zero-order valence-electron chi connectivity index (χ0n) is 19.0. The van der Waals surface area contributed by atoms with Gasteiger partial charge in [-0.25, -0.2) is 4.39 Å². The third kappa shape index (κ3) is 5.96. The zero-order valence-corrected chi connectivity index (χ0v) is 21.9. The molecule has 2 amide bonds. The molecule has 0 spiro atoms. The summed E-state index contributed by atoms with van der Waals surface area (Å²) in [5.74, 6) is -2.04. The normalized spacial score (nSPS) is 12.7. The number of nitrogens with one attached hydrogen (secondary N) is 2. The molecule has 0 fully saturated rings. The minimum atomic E-state index is -6.66. The lowest BCUT2D eigenvalue weighted by molar-refractivity contribution is -0.348. The van der Waals surface area contributed by atoms with Crippen LogP contribution in [0.1, 0.15) is 31.8 Å². The minimum absolute atomic E-state index is 0.0174. The molecule has 0 aliphatic rings. The Balaban J connectivity index is 2.11. The van der Waals surface area contributed by atoms with Crippen LogP contribution in [0.2, 0.25) is 0 Å². The molecule has 0 unspecified atom stereocenters. The largest absolute Gasteiger partial charge is 0.435 e. The van der Waals surface area contributed by atoms with E-state index in [1.807, 2.05) is 10.2 Å². The van der Waals surface area contributed by atoms with Crippen LogP contribution in [0.4, 0.5) is 49.6 Å². The van der Waals surface area contributed by atoms with Crippen LogP contribution in [-0.2, 0) is 11.8 Å². The monoisotopic (exact) mass is 713 g/mol. The van der Waals surface area contributed by atoms with E-state index in [1.165, 1.54) is 30.5 Å². The minimum Gasteiger partial charge on any atom is -0.320 e. The maximum Gasteiger partial charge on any atom is 0.435 e. The van der Waals surface area contributed by atoms with E-state index >= 15 is 0 Å².